The normalized spacial score (nSPS) is 11.6. The number of carboxylic acid groups (broad SMARTS) is 1. The molecule has 0 aliphatic carbocycles. The molecule has 1 heterocycles. The van der Waals surface area contributed by atoms with E-state index >= 15 is 0 Å². The molecule has 0 radical (unpaired) electrons. The van der Waals surface area contributed by atoms with Crippen molar-refractivity contribution in [3.8, 4) is 17.0 Å². The number of aliphatic carboxylic acids is 1. The van der Waals surface area contributed by atoms with Crippen molar-refractivity contribution in [3.63, 3.8) is 0 Å². The number of amides is 1. The van der Waals surface area contributed by atoms with Crippen LogP contribution in [0.3, 0.4) is 0 Å². The molecule has 0 aliphatic rings. The summed E-state index contributed by atoms with van der Waals surface area (Å²) >= 11 is 6.25. The second-order valence-electron chi connectivity index (χ2n) is 7.19. The standard InChI is InChI=1S/C24H23ClN2O4/c1-14-7-9-16(10-8-14)20(13-22(28)29)27-24(30)19-11-12-21(31-3)23(26-19)17-5-4-6-18(25)15(17)2/h4-12,20H,13H2,1-3H3,(H,27,30)(H,28,29). The third kappa shape index (κ3) is 5.22. The highest BCUT2D eigenvalue weighted by atomic mass is 35.5. The summed E-state index contributed by atoms with van der Waals surface area (Å²) in [6, 6.07) is 15.3. The Kier molecular flexibility index (Phi) is 6.92. The number of aryl methyl sites for hydroxylation is 1. The number of carbonyl (C=O) groups excluding carboxylic acids is 1. The maximum atomic E-state index is 13.0. The van der Waals surface area contributed by atoms with Gasteiger partial charge in [-0.2, -0.15) is 0 Å². The van der Waals surface area contributed by atoms with Crippen molar-refractivity contribution in [1.82, 2.24) is 10.3 Å². The molecule has 0 bridgehead atoms. The van der Waals surface area contributed by atoms with Gasteiger partial charge >= 0.3 is 5.97 Å². The van der Waals surface area contributed by atoms with E-state index in [0.29, 0.717) is 22.0 Å². The molecule has 3 rings (SSSR count). The lowest BCUT2D eigenvalue weighted by molar-refractivity contribution is -0.137. The summed E-state index contributed by atoms with van der Waals surface area (Å²) in [7, 11) is 1.53. The minimum Gasteiger partial charge on any atom is -0.494 e. The molecule has 160 valence electrons. The molecule has 1 aromatic heterocycles. The fourth-order valence-corrected chi connectivity index (χ4v) is 3.43. The molecular formula is C24H23ClN2O4. The van der Waals surface area contributed by atoms with E-state index in [9.17, 15) is 14.7 Å². The van der Waals surface area contributed by atoms with E-state index in [2.05, 4.69) is 10.3 Å². The van der Waals surface area contributed by atoms with Crippen molar-refractivity contribution < 1.29 is 19.4 Å². The van der Waals surface area contributed by atoms with Crippen molar-refractivity contribution in [2.75, 3.05) is 7.11 Å². The van der Waals surface area contributed by atoms with Crippen LogP contribution < -0.4 is 10.1 Å². The first-order valence-electron chi connectivity index (χ1n) is 9.70. The molecule has 6 nitrogen and oxygen atoms in total. The Morgan fingerprint density at radius 1 is 1.10 bits per heavy atom. The summed E-state index contributed by atoms with van der Waals surface area (Å²) in [5, 5.41) is 12.7. The highest BCUT2D eigenvalue weighted by Gasteiger charge is 2.21. The first kappa shape index (κ1) is 22.3. The fourth-order valence-electron chi connectivity index (χ4n) is 3.25. The van der Waals surface area contributed by atoms with Crippen LogP contribution in [-0.2, 0) is 4.79 Å². The molecule has 2 aromatic carbocycles. The Labute approximate surface area is 185 Å². The van der Waals surface area contributed by atoms with Crippen molar-refractivity contribution in [1.29, 1.82) is 0 Å². The van der Waals surface area contributed by atoms with Gasteiger partial charge in [-0.05, 0) is 43.2 Å². The van der Waals surface area contributed by atoms with Crippen LogP contribution in [0, 0.1) is 13.8 Å². The van der Waals surface area contributed by atoms with E-state index in [1.807, 2.05) is 44.2 Å². The van der Waals surface area contributed by atoms with E-state index in [4.69, 9.17) is 16.3 Å². The van der Waals surface area contributed by atoms with E-state index in [0.717, 1.165) is 16.7 Å². The van der Waals surface area contributed by atoms with Gasteiger partial charge in [-0.3, -0.25) is 9.59 Å². The third-order valence-electron chi connectivity index (χ3n) is 5.00. The molecule has 0 aliphatic heterocycles. The van der Waals surface area contributed by atoms with Gasteiger partial charge in [0.15, 0.2) is 0 Å². The van der Waals surface area contributed by atoms with Gasteiger partial charge in [0.1, 0.15) is 17.1 Å². The average Bonchev–Trinajstić information content (AvgIpc) is 2.75. The largest absolute Gasteiger partial charge is 0.494 e. The van der Waals surface area contributed by atoms with Crippen LogP contribution in [0.5, 0.6) is 5.75 Å². The monoisotopic (exact) mass is 438 g/mol. The summed E-state index contributed by atoms with van der Waals surface area (Å²) in [6.45, 7) is 3.81. The Morgan fingerprint density at radius 3 is 2.45 bits per heavy atom. The number of ether oxygens (including phenoxy) is 1. The highest BCUT2D eigenvalue weighted by Crippen LogP contribution is 2.33. The first-order valence-corrected chi connectivity index (χ1v) is 10.1. The van der Waals surface area contributed by atoms with Gasteiger partial charge in [-0.15, -0.1) is 0 Å². The van der Waals surface area contributed by atoms with Crippen LogP contribution in [0.1, 0.15) is 39.6 Å². The van der Waals surface area contributed by atoms with Crippen LogP contribution in [0.15, 0.2) is 54.6 Å². The van der Waals surface area contributed by atoms with Gasteiger partial charge in [-0.25, -0.2) is 4.98 Å². The number of halogens is 1. The Morgan fingerprint density at radius 2 is 1.81 bits per heavy atom. The Balaban J connectivity index is 1.95. The van der Waals surface area contributed by atoms with Crippen molar-refractivity contribution in [3.05, 3.63) is 82.0 Å². The van der Waals surface area contributed by atoms with E-state index in [1.54, 1.807) is 24.3 Å². The first-order chi connectivity index (χ1) is 14.8. The van der Waals surface area contributed by atoms with Crippen LogP contribution in [0.4, 0.5) is 0 Å². The van der Waals surface area contributed by atoms with Crippen molar-refractivity contribution in [2.45, 2.75) is 26.3 Å². The lowest BCUT2D eigenvalue weighted by atomic mass is 10.0. The van der Waals surface area contributed by atoms with Gasteiger partial charge in [0, 0.05) is 10.6 Å². The predicted molar refractivity (Wildman–Crippen MR) is 120 cm³/mol. The van der Waals surface area contributed by atoms with Gasteiger partial charge < -0.3 is 15.2 Å². The van der Waals surface area contributed by atoms with Crippen molar-refractivity contribution >= 4 is 23.5 Å². The molecule has 1 amide bonds. The topological polar surface area (TPSA) is 88.5 Å². The summed E-state index contributed by atoms with van der Waals surface area (Å²) in [4.78, 5) is 28.9. The molecule has 0 saturated carbocycles. The number of nitrogens with one attached hydrogen (secondary N) is 1. The molecule has 3 aromatic rings. The summed E-state index contributed by atoms with van der Waals surface area (Å²) < 4.78 is 5.43. The molecule has 31 heavy (non-hydrogen) atoms. The summed E-state index contributed by atoms with van der Waals surface area (Å²) in [5.74, 6) is -0.984. The zero-order valence-electron chi connectivity index (χ0n) is 17.5. The van der Waals surface area contributed by atoms with Crippen LogP contribution >= 0.6 is 11.6 Å². The SMILES string of the molecule is COc1ccc(C(=O)NC(CC(=O)O)c2ccc(C)cc2)nc1-c1cccc(Cl)c1C. The lowest BCUT2D eigenvalue weighted by Crippen LogP contribution is -2.31. The number of methoxy groups -OCH3 is 1. The fraction of sp³-hybridized carbons (Fsp3) is 0.208. The van der Waals surface area contributed by atoms with Gasteiger partial charge in [0.2, 0.25) is 0 Å². The zero-order valence-corrected chi connectivity index (χ0v) is 18.2. The minimum absolute atomic E-state index is 0.151. The van der Waals surface area contributed by atoms with Crippen molar-refractivity contribution in [2.24, 2.45) is 0 Å². The second kappa shape index (κ2) is 9.62. The maximum absolute atomic E-state index is 13.0. The number of rotatable bonds is 7. The number of benzene rings is 2. The molecule has 0 spiro atoms. The number of carboxylic acids is 1. The number of nitrogens with zero attached hydrogens (tertiary/aromatic N) is 1. The number of carbonyl (C=O) groups is 2. The van der Waals surface area contributed by atoms with E-state index < -0.39 is 17.9 Å². The minimum atomic E-state index is -1.01. The second-order valence-corrected chi connectivity index (χ2v) is 7.60. The zero-order chi connectivity index (χ0) is 22.5. The van der Waals surface area contributed by atoms with Crippen LogP contribution in [-0.4, -0.2) is 29.1 Å². The quantitative estimate of drug-likeness (QED) is 0.543. The molecule has 7 heteroatoms. The molecule has 1 unspecified atom stereocenters. The number of pyridine rings is 1. The van der Waals surface area contributed by atoms with Gasteiger partial charge in [0.05, 0.1) is 19.6 Å². The molecule has 0 saturated heterocycles. The van der Waals surface area contributed by atoms with E-state index in [-0.39, 0.29) is 12.1 Å². The van der Waals surface area contributed by atoms with E-state index in [1.165, 1.54) is 7.11 Å². The molecule has 1 atom stereocenters. The Hall–Kier alpha value is -3.38. The molecule has 0 fully saturated rings. The smallest absolute Gasteiger partial charge is 0.305 e. The summed E-state index contributed by atoms with van der Waals surface area (Å²) in [5.41, 5.74) is 3.96. The van der Waals surface area contributed by atoms with Gasteiger partial charge in [-0.1, -0.05) is 53.6 Å². The van der Waals surface area contributed by atoms with Crippen LogP contribution in [0.25, 0.3) is 11.3 Å². The molecule has 2 N–H and O–H groups in total. The number of hydrogen-bond donors (Lipinski definition) is 2. The summed E-state index contributed by atoms with van der Waals surface area (Å²) in [6.07, 6.45) is -0.245. The maximum Gasteiger partial charge on any atom is 0.305 e. The highest BCUT2D eigenvalue weighted by molar-refractivity contribution is 6.31. The number of aromatic nitrogens is 1. The van der Waals surface area contributed by atoms with Gasteiger partial charge in [0.25, 0.3) is 5.91 Å². The third-order valence-corrected chi connectivity index (χ3v) is 5.41. The molecular weight excluding hydrogens is 416 g/mol. The Bertz CT molecular complexity index is 1110. The average molecular weight is 439 g/mol. The van der Waals surface area contributed by atoms with Crippen LogP contribution in [0.2, 0.25) is 5.02 Å². The lowest BCUT2D eigenvalue weighted by Gasteiger charge is -2.18. The predicted octanol–water partition coefficient (Wildman–Crippen LogP) is 4.97. The number of hydrogen-bond acceptors (Lipinski definition) is 4.